The van der Waals surface area contributed by atoms with Crippen molar-refractivity contribution in [3.05, 3.63) is 81.6 Å². The SMILES string of the molecule is Cc1cc(F)cc(CS(=O)(=O)OC2=C(N)OC(c3ccc(Cl)cc3)C2=O)c1. The first-order valence-corrected chi connectivity index (χ1v) is 9.74. The number of aryl methyl sites for hydroxylation is 1. The lowest BCUT2D eigenvalue weighted by Crippen LogP contribution is -2.16. The van der Waals surface area contributed by atoms with Crippen molar-refractivity contribution in [3.63, 3.8) is 0 Å². The minimum Gasteiger partial charge on any atom is -0.460 e. The summed E-state index contributed by atoms with van der Waals surface area (Å²) in [5, 5.41) is 0.467. The molecular formula is C18H15ClFNO5S. The van der Waals surface area contributed by atoms with Gasteiger partial charge in [0.05, 0.1) is 0 Å². The quantitative estimate of drug-likeness (QED) is 0.759. The van der Waals surface area contributed by atoms with Crippen LogP contribution in [0.3, 0.4) is 0 Å². The van der Waals surface area contributed by atoms with Crippen LogP contribution in [0, 0.1) is 12.7 Å². The lowest BCUT2D eigenvalue weighted by atomic mass is 10.1. The van der Waals surface area contributed by atoms with Gasteiger partial charge in [-0.25, -0.2) is 4.39 Å². The van der Waals surface area contributed by atoms with Gasteiger partial charge >= 0.3 is 10.1 Å². The molecule has 0 spiro atoms. The third-order valence-corrected chi connectivity index (χ3v) is 5.12. The standard InChI is InChI=1S/C18H15ClFNO5S/c1-10-6-11(8-14(20)7-10)9-27(23,24)26-17-15(22)16(25-18(17)21)12-2-4-13(19)5-3-12/h2-8,16H,9,21H2,1H3. The Hall–Kier alpha value is -2.58. The molecule has 0 fully saturated rings. The molecule has 0 aliphatic carbocycles. The van der Waals surface area contributed by atoms with Gasteiger partial charge in [-0.3, -0.25) is 4.79 Å². The van der Waals surface area contributed by atoms with E-state index in [-0.39, 0.29) is 5.56 Å². The third kappa shape index (κ3) is 4.40. The van der Waals surface area contributed by atoms with Crippen molar-refractivity contribution in [2.45, 2.75) is 18.8 Å². The number of ketones is 1. The van der Waals surface area contributed by atoms with Crippen molar-refractivity contribution in [2.24, 2.45) is 5.73 Å². The molecule has 3 rings (SSSR count). The summed E-state index contributed by atoms with van der Waals surface area (Å²) in [5.74, 6) is -2.95. The smallest absolute Gasteiger partial charge is 0.313 e. The molecule has 142 valence electrons. The summed E-state index contributed by atoms with van der Waals surface area (Å²) < 4.78 is 48.2. The van der Waals surface area contributed by atoms with Crippen LogP contribution in [0.5, 0.6) is 0 Å². The molecule has 0 aromatic heterocycles. The Morgan fingerprint density at radius 2 is 1.89 bits per heavy atom. The van der Waals surface area contributed by atoms with Gasteiger partial charge in [0.1, 0.15) is 11.6 Å². The van der Waals surface area contributed by atoms with Crippen LogP contribution in [0.15, 0.2) is 54.1 Å². The monoisotopic (exact) mass is 411 g/mol. The van der Waals surface area contributed by atoms with Gasteiger partial charge in [-0.1, -0.05) is 29.8 Å². The maximum atomic E-state index is 13.5. The topological polar surface area (TPSA) is 95.7 Å². The first kappa shape index (κ1) is 19.2. The molecule has 6 nitrogen and oxygen atoms in total. The lowest BCUT2D eigenvalue weighted by molar-refractivity contribution is -0.123. The zero-order chi connectivity index (χ0) is 19.8. The second-order valence-corrected chi connectivity index (χ2v) is 8.04. The van der Waals surface area contributed by atoms with Crippen LogP contribution in [-0.4, -0.2) is 14.2 Å². The van der Waals surface area contributed by atoms with Crippen molar-refractivity contribution >= 4 is 27.5 Å². The summed E-state index contributed by atoms with van der Waals surface area (Å²) >= 11 is 5.81. The largest absolute Gasteiger partial charge is 0.460 e. The first-order chi connectivity index (χ1) is 12.6. The number of rotatable bonds is 5. The molecule has 1 atom stereocenters. The highest BCUT2D eigenvalue weighted by molar-refractivity contribution is 7.86. The number of benzene rings is 2. The average Bonchev–Trinajstić information content (AvgIpc) is 2.82. The molecular weight excluding hydrogens is 397 g/mol. The van der Waals surface area contributed by atoms with E-state index in [2.05, 4.69) is 0 Å². The Bertz CT molecular complexity index is 1010. The molecule has 1 aliphatic heterocycles. The van der Waals surface area contributed by atoms with Crippen molar-refractivity contribution in [3.8, 4) is 0 Å². The first-order valence-electron chi connectivity index (χ1n) is 7.79. The number of carbonyl (C=O) groups excluding carboxylic acids is 1. The van der Waals surface area contributed by atoms with Crippen LogP contribution in [0.2, 0.25) is 5.02 Å². The summed E-state index contributed by atoms with van der Waals surface area (Å²) in [5.41, 5.74) is 6.83. The number of halogens is 2. The molecule has 2 aromatic carbocycles. The molecule has 0 saturated carbocycles. The molecule has 2 aromatic rings. The average molecular weight is 412 g/mol. The molecule has 1 aliphatic rings. The molecule has 1 unspecified atom stereocenters. The lowest BCUT2D eigenvalue weighted by Gasteiger charge is -2.10. The van der Waals surface area contributed by atoms with E-state index in [9.17, 15) is 17.6 Å². The summed E-state index contributed by atoms with van der Waals surface area (Å²) in [6.07, 6.45) is -1.12. The highest BCUT2D eigenvalue weighted by atomic mass is 35.5. The molecule has 2 N–H and O–H groups in total. The van der Waals surface area contributed by atoms with Gasteiger partial charge in [0.2, 0.25) is 17.4 Å². The summed E-state index contributed by atoms with van der Waals surface area (Å²) in [4.78, 5) is 12.5. The maximum Gasteiger partial charge on any atom is 0.313 e. The van der Waals surface area contributed by atoms with Gasteiger partial charge in [0.15, 0.2) is 6.10 Å². The van der Waals surface area contributed by atoms with E-state index < -0.39 is 45.2 Å². The van der Waals surface area contributed by atoms with Crippen LogP contribution in [-0.2, 0) is 29.6 Å². The fourth-order valence-corrected chi connectivity index (χ4v) is 3.85. The Morgan fingerprint density at radius 1 is 1.22 bits per heavy atom. The Morgan fingerprint density at radius 3 is 2.52 bits per heavy atom. The van der Waals surface area contributed by atoms with Crippen LogP contribution in [0.1, 0.15) is 22.8 Å². The van der Waals surface area contributed by atoms with Crippen LogP contribution >= 0.6 is 11.6 Å². The Balaban J connectivity index is 1.78. The van der Waals surface area contributed by atoms with Crippen molar-refractivity contribution in [1.82, 2.24) is 0 Å². The van der Waals surface area contributed by atoms with E-state index in [0.29, 0.717) is 16.1 Å². The maximum absolute atomic E-state index is 13.5. The van der Waals surface area contributed by atoms with E-state index in [1.54, 1.807) is 31.2 Å². The van der Waals surface area contributed by atoms with E-state index in [1.807, 2.05) is 0 Å². The number of nitrogens with two attached hydrogens (primary N) is 1. The summed E-state index contributed by atoms with van der Waals surface area (Å²) in [6.45, 7) is 1.63. The van der Waals surface area contributed by atoms with E-state index >= 15 is 0 Å². The minimum atomic E-state index is -4.26. The number of hydrogen-bond donors (Lipinski definition) is 1. The predicted molar refractivity (Wildman–Crippen MR) is 96.3 cm³/mol. The highest BCUT2D eigenvalue weighted by Crippen LogP contribution is 2.33. The highest BCUT2D eigenvalue weighted by Gasteiger charge is 2.39. The molecule has 0 amide bonds. The van der Waals surface area contributed by atoms with Crippen molar-refractivity contribution in [1.29, 1.82) is 0 Å². The molecule has 0 radical (unpaired) electrons. The van der Waals surface area contributed by atoms with Crippen LogP contribution < -0.4 is 5.73 Å². The van der Waals surface area contributed by atoms with E-state index in [0.717, 1.165) is 6.07 Å². The second kappa shape index (κ2) is 7.21. The number of hydrogen-bond acceptors (Lipinski definition) is 6. The van der Waals surface area contributed by atoms with Gasteiger partial charge in [-0.15, -0.1) is 0 Å². The zero-order valence-corrected chi connectivity index (χ0v) is 15.7. The number of ether oxygens (including phenoxy) is 1. The number of Topliss-reactive ketones (excluding diaryl/α,β-unsaturated/α-hetero) is 1. The fourth-order valence-electron chi connectivity index (χ4n) is 2.67. The van der Waals surface area contributed by atoms with Crippen LogP contribution in [0.25, 0.3) is 0 Å². The molecule has 27 heavy (non-hydrogen) atoms. The summed E-state index contributed by atoms with van der Waals surface area (Å²) in [6, 6.07) is 10.1. The molecule has 1 heterocycles. The molecule has 9 heteroatoms. The molecule has 0 saturated heterocycles. The third-order valence-electron chi connectivity index (χ3n) is 3.76. The minimum absolute atomic E-state index is 0.187. The van der Waals surface area contributed by atoms with Gasteiger partial charge in [0.25, 0.3) is 0 Å². The van der Waals surface area contributed by atoms with Gasteiger partial charge in [-0.2, -0.15) is 8.42 Å². The van der Waals surface area contributed by atoms with E-state index in [4.69, 9.17) is 26.3 Å². The Labute approximate surface area is 160 Å². The summed E-state index contributed by atoms with van der Waals surface area (Å²) in [7, 11) is -4.26. The second-order valence-electron chi connectivity index (χ2n) is 6.03. The number of carbonyl (C=O) groups is 1. The fraction of sp³-hybridized carbons (Fsp3) is 0.167. The van der Waals surface area contributed by atoms with Crippen molar-refractivity contribution in [2.75, 3.05) is 0 Å². The predicted octanol–water partition coefficient (Wildman–Crippen LogP) is 3.10. The van der Waals surface area contributed by atoms with Crippen molar-refractivity contribution < 1.29 is 26.5 Å². The van der Waals surface area contributed by atoms with Crippen LogP contribution in [0.4, 0.5) is 4.39 Å². The molecule has 0 bridgehead atoms. The zero-order valence-electron chi connectivity index (χ0n) is 14.1. The van der Waals surface area contributed by atoms with E-state index in [1.165, 1.54) is 12.1 Å². The Kier molecular flexibility index (Phi) is 5.12. The van der Waals surface area contributed by atoms with Gasteiger partial charge in [0, 0.05) is 10.6 Å². The van der Waals surface area contributed by atoms with Gasteiger partial charge < -0.3 is 14.7 Å². The normalized spacial score (nSPS) is 17.1. The van der Waals surface area contributed by atoms with Gasteiger partial charge in [-0.05, 0) is 42.3 Å².